The Morgan fingerprint density at radius 1 is 0.915 bits per heavy atom. The van der Waals surface area contributed by atoms with E-state index in [9.17, 15) is 19.1 Å². The smallest absolute Gasteiger partial charge is 0.301 e. The van der Waals surface area contributed by atoms with Crippen LogP contribution in [0.3, 0.4) is 0 Å². The van der Waals surface area contributed by atoms with Crippen molar-refractivity contribution in [1.29, 1.82) is 0 Å². The molecule has 5 aromatic rings. The number of nitrogens with zero attached hydrogens (tertiary/aromatic N) is 3. The highest BCUT2D eigenvalue weighted by Gasteiger charge is 2.48. The molecule has 1 amide bonds. The van der Waals surface area contributed by atoms with Gasteiger partial charge in [0, 0.05) is 11.3 Å². The number of ether oxygens (including phenoxy) is 2. The van der Waals surface area contributed by atoms with E-state index in [0.29, 0.717) is 51.5 Å². The molecule has 1 aliphatic heterocycles. The van der Waals surface area contributed by atoms with Crippen LogP contribution in [0, 0.1) is 5.82 Å². The summed E-state index contributed by atoms with van der Waals surface area (Å²) in [5.74, 6) is -0.905. The van der Waals surface area contributed by atoms with Gasteiger partial charge in [0.2, 0.25) is 5.13 Å². The Bertz CT molecular complexity index is 1910. The first kappa shape index (κ1) is 32.0. The van der Waals surface area contributed by atoms with E-state index in [1.807, 2.05) is 37.3 Å². The minimum absolute atomic E-state index is 0.0896. The van der Waals surface area contributed by atoms with Crippen LogP contribution in [0.5, 0.6) is 11.5 Å². The predicted molar refractivity (Wildman–Crippen MR) is 180 cm³/mol. The number of rotatable bonds is 12. The van der Waals surface area contributed by atoms with E-state index >= 15 is 0 Å². The monoisotopic (exact) mass is 667 g/mol. The van der Waals surface area contributed by atoms with Gasteiger partial charge >= 0.3 is 5.91 Å². The van der Waals surface area contributed by atoms with Crippen molar-refractivity contribution in [3.63, 3.8) is 0 Å². The number of carbonyl (C=O) groups is 2. The Kier molecular flexibility index (Phi) is 9.94. The Hall–Kier alpha value is -5.00. The average Bonchev–Trinajstić information content (AvgIpc) is 3.68. The lowest BCUT2D eigenvalue weighted by atomic mass is 9.95. The summed E-state index contributed by atoms with van der Waals surface area (Å²) in [5, 5.41) is 20.2. The summed E-state index contributed by atoms with van der Waals surface area (Å²) in [4.78, 5) is 28.6. The number of anilines is 1. The Labute approximate surface area is 279 Å². The van der Waals surface area contributed by atoms with Gasteiger partial charge in [0.1, 0.15) is 29.7 Å². The van der Waals surface area contributed by atoms with Gasteiger partial charge in [-0.05, 0) is 65.6 Å². The number of hydrogen-bond donors (Lipinski definition) is 1. The van der Waals surface area contributed by atoms with Gasteiger partial charge in [0.05, 0.1) is 18.2 Å². The summed E-state index contributed by atoms with van der Waals surface area (Å²) in [6, 6.07) is 28.9. The van der Waals surface area contributed by atoms with Crippen molar-refractivity contribution in [3.8, 4) is 11.5 Å². The van der Waals surface area contributed by atoms with Crippen molar-refractivity contribution in [2.24, 2.45) is 0 Å². The van der Waals surface area contributed by atoms with Crippen molar-refractivity contribution in [1.82, 2.24) is 10.2 Å². The number of benzene rings is 4. The summed E-state index contributed by atoms with van der Waals surface area (Å²) in [5.41, 5.74) is 2.28. The summed E-state index contributed by atoms with van der Waals surface area (Å²) >= 11 is 2.38. The topological polar surface area (TPSA) is 102 Å². The van der Waals surface area contributed by atoms with Gasteiger partial charge in [0.15, 0.2) is 4.34 Å². The number of aromatic nitrogens is 2. The molecular weight excluding hydrogens is 638 g/mol. The highest BCUT2D eigenvalue weighted by Crippen LogP contribution is 2.44. The van der Waals surface area contributed by atoms with Crippen LogP contribution in [0.25, 0.3) is 5.76 Å². The lowest BCUT2D eigenvalue weighted by molar-refractivity contribution is -0.132. The van der Waals surface area contributed by atoms with Gasteiger partial charge in [-0.1, -0.05) is 90.7 Å². The minimum atomic E-state index is -1.02. The van der Waals surface area contributed by atoms with E-state index in [4.69, 9.17) is 9.47 Å². The second-order valence-electron chi connectivity index (χ2n) is 10.6. The number of aliphatic hydroxyl groups is 1. The second-order valence-corrected chi connectivity index (χ2v) is 12.8. The lowest BCUT2D eigenvalue weighted by Crippen LogP contribution is -2.29. The first-order valence-electron chi connectivity index (χ1n) is 14.9. The molecule has 1 unspecified atom stereocenters. The minimum Gasteiger partial charge on any atom is -0.507 e. The highest BCUT2D eigenvalue weighted by molar-refractivity contribution is 8.00. The number of hydrogen-bond acceptors (Lipinski definition) is 9. The maximum atomic E-state index is 14.2. The van der Waals surface area contributed by atoms with Gasteiger partial charge in [-0.2, -0.15) is 0 Å². The van der Waals surface area contributed by atoms with E-state index in [-0.39, 0.29) is 22.3 Å². The standard InChI is InChI=1S/C36H30FN3O5S2/c1-2-19-44-27-17-15-24(16-18-27)32(41)30-31(25-12-8-13-28(20-25)45-21-23-9-4-3-5-10-23)40(34(43)33(30)42)35-38-39-36(47-35)46-22-26-11-6-7-14-29(26)37/h3-18,20,31,41H,2,19,21-22H2,1H3. The van der Waals surface area contributed by atoms with Crippen LogP contribution in [0.2, 0.25) is 0 Å². The molecule has 238 valence electrons. The molecule has 1 fully saturated rings. The molecule has 1 atom stereocenters. The molecule has 4 aromatic carbocycles. The van der Waals surface area contributed by atoms with Crippen LogP contribution in [-0.2, 0) is 21.9 Å². The molecule has 11 heteroatoms. The fourth-order valence-corrected chi connectivity index (χ4v) is 6.91. The van der Waals surface area contributed by atoms with Gasteiger partial charge in [-0.15, -0.1) is 10.2 Å². The number of halogens is 1. The second kappa shape index (κ2) is 14.6. The Balaban J connectivity index is 1.36. The number of thioether (sulfide) groups is 1. The van der Waals surface area contributed by atoms with Crippen LogP contribution in [0.1, 0.15) is 41.6 Å². The zero-order valence-electron chi connectivity index (χ0n) is 25.3. The molecule has 0 bridgehead atoms. The number of carbonyl (C=O) groups excluding carboxylic acids is 2. The van der Waals surface area contributed by atoms with Crippen LogP contribution in [0.4, 0.5) is 9.52 Å². The largest absolute Gasteiger partial charge is 0.507 e. The summed E-state index contributed by atoms with van der Waals surface area (Å²) in [7, 11) is 0. The number of ketones is 1. The van der Waals surface area contributed by atoms with Gasteiger partial charge in [0.25, 0.3) is 5.78 Å². The van der Waals surface area contributed by atoms with E-state index in [0.717, 1.165) is 23.3 Å². The SMILES string of the molecule is CCCOc1ccc(C(O)=C2C(=O)C(=O)N(c3nnc(SCc4ccccc4F)s3)C2c2cccc(OCc3ccccc3)c2)cc1. The van der Waals surface area contributed by atoms with Crippen molar-refractivity contribution in [3.05, 3.63) is 137 Å². The van der Waals surface area contributed by atoms with E-state index in [2.05, 4.69) is 10.2 Å². The molecule has 8 nitrogen and oxygen atoms in total. The first-order valence-corrected chi connectivity index (χ1v) is 16.7. The maximum Gasteiger partial charge on any atom is 0.301 e. The van der Waals surface area contributed by atoms with Crippen molar-refractivity contribution < 1.29 is 28.6 Å². The normalized spacial score (nSPS) is 15.6. The van der Waals surface area contributed by atoms with E-state index < -0.39 is 17.7 Å². The van der Waals surface area contributed by atoms with Gasteiger partial charge in [-0.3, -0.25) is 14.5 Å². The molecule has 1 saturated heterocycles. The third-order valence-corrected chi connectivity index (χ3v) is 9.48. The van der Waals surface area contributed by atoms with Crippen LogP contribution >= 0.6 is 23.1 Å². The lowest BCUT2D eigenvalue weighted by Gasteiger charge is -2.23. The Morgan fingerprint density at radius 3 is 2.45 bits per heavy atom. The summed E-state index contributed by atoms with van der Waals surface area (Å²) in [6.07, 6.45) is 0.842. The van der Waals surface area contributed by atoms with Crippen molar-refractivity contribution in [2.75, 3.05) is 11.5 Å². The molecule has 0 radical (unpaired) electrons. The molecule has 0 spiro atoms. The molecule has 6 rings (SSSR count). The summed E-state index contributed by atoms with van der Waals surface area (Å²) in [6.45, 7) is 2.86. The number of amides is 1. The highest BCUT2D eigenvalue weighted by atomic mass is 32.2. The molecule has 1 N–H and O–H groups in total. The summed E-state index contributed by atoms with van der Waals surface area (Å²) < 4.78 is 26.4. The van der Waals surface area contributed by atoms with Crippen molar-refractivity contribution >= 4 is 45.7 Å². The van der Waals surface area contributed by atoms with Crippen LogP contribution in [0.15, 0.2) is 113 Å². The molecule has 1 aliphatic rings. The van der Waals surface area contributed by atoms with E-state index in [1.54, 1.807) is 66.7 Å². The quantitative estimate of drug-likeness (QED) is 0.0470. The van der Waals surface area contributed by atoms with Crippen LogP contribution in [-0.4, -0.2) is 33.6 Å². The average molecular weight is 668 g/mol. The number of Topliss-reactive ketones (excluding diaryl/α,β-unsaturated/α-hetero) is 1. The number of aliphatic hydroxyl groups excluding tert-OH is 1. The molecule has 1 aromatic heterocycles. The van der Waals surface area contributed by atoms with E-state index in [1.165, 1.54) is 22.7 Å². The van der Waals surface area contributed by atoms with Crippen molar-refractivity contribution in [2.45, 2.75) is 36.1 Å². The first-order chi connectivity index (χ1) is 22.9. The molecule has 0 saturated carbocycles. The van der Waals surface area contributed by atoms with Gasteiger partial charge < -0.3 is 14.6 Å². The molecular formula is C36H30FN3O5S2. The fourth-order valence-electron chi connectivity index (χ4n) is 5.06. The molecule has 47 heavy (non-hydrogen) atoms. The maximum absolute atomic E-state index is 14.2. The third-order valence-electron chi connectivity index (χ3n) is 7.38. The predicted octanol–water partition coefficient (Wildman–Crippen LogP) is 7.96. The Morgan fingerprint density at radius 2 is 1.68 bits per heavy atom. The molecule has 2 heterocycles. The zero-order valence-corrected chi connectivity index (χ0v) is 27.0. The van der Waals surface area contributed by atoms with Gasteiger partial charge in [-0.25, -0.2) is 4.39 Å². The van der Waals surface area contributed by atoms with Crippen LogP contribution < -0.4 is 14.4 Å². The third kappa shape index (κ3) is 7.21. The fraction of sp³-hybridized carbons (Fsp3) is 0.167. The molecule has 0 aliphatic carbocycles. The zero-order chi connectivity index (χ0) is 32.8.